The molecular weight excluding hydrogens is 334 g/mol. The molecule has 3 aromatic heterocycles. The normalized spacial score (nSPS) is 11.0. The van der Waals surface area contributed by atoms with Gasteiger partial charge in [0.2, 0.25) is 0 Å². The number of benzene rings is 1. The second-order valence-electron chi connectivity index (χ2n) is 5.61. The van der Waals surface area contributed by atoms with Crippen LogP contribution in [0.3, 0.4) is 0 Å². The van der Waals surface area contributed by atoms with Crippen molar-refractivity contribution in [3.8, 4) is 16.9 Å². The van der Waals surface area contributed by atoms with Crippen molar-refractivity contribution in [1.82, 2.24) is 9.97 Å². The number of hydrogen-bond donors (Lipinski definition) is 1. The Hall–Kier alpha value is -2.86. The maximum atomic E-state index is 5.40. The molecule has 0 aliphatic carbocycles. The van der Waals surface area contributed by atoms with Gasteiger partial charge in [-0.15, -0.1) is 11.3 Å². The van der Waals surface area contributed by atoms with E-state index in [1.54, 1.807) is 24.7 Å². The first-order valence-corrected chi connectivity index (χ1v) is 8.79. The van der Waals surface area contributed by atoms with E-state index in [1.807, 2.05) is 31.2 Å². The van der Waals surface area contributed by atoms with Crippen LogP contribution in [0.25, 0.3) is 21.3 Å². The van der Waals surface area contributed by atoms with Crippen molar-refractivity contribution < 1.29 is 9.15 Å². The molecular formula is C19H17N3O2S. The van der Waals surface area contributed by atoms with Gasteiger partial charge in [-0.05, 0) is 36.8 Å². The molecule has 0 aliphatic rings. The smallest absolute Gasteiger partial charge is 0.139 e. The lowest BCUT2D eigenvalue weighted by atomic mass is 10.1. The Kier molecular flexibility index (Phi) is 4.11. The van der Waals surface area contributed by atoms with Gasteiger partial charge in [0.05, 0.1) is 25.3 Å². The van der Waals surface area contributed by atoms with E-state index in [9.17, 15) is 0 Å². The Bertz CT molecular complexity index is 992. The molecule has 0 radical (unpaired) electrons. The first-order valence-electron chi connectivity index (χ1n) is 7.91. The minimum absolute atomic E-state index is 0.580. The third-order valence-electron chi connectivity index (χ3n) is 3.96. The molecule has 0 bridgehead atoms. The van der Waals surface area contributed by atoms with Crippen LogP contribution in [-0.2, 0) is 6.54 Å². The topological polar surface area (TPSA) is 60.2 Å². The van der Waals surface area contributed by atoms with Gasteiger partial charge in [-0.2, -0.15) is 0 Å². The summed E-state index contributed by atoms with van der Waals surface area (Å²) < 4.78 is 10.7. The fourth-order valence-corrected chi connectivity index (χ4v) is 3.74. The van der Waals surface area contributed by atoms with E-state index in [2.05, 4.69) is 32.8 Å². The van der Waals surface area contributed by atoms with Crippen molar-refractivity contribution in [3.63, 3.8) is 0 Å². The Balaban J connectivity index is 1.76. The van der Waals surface area contributed by atoms with Crippen LogP contribution in [0.4, 0.5) is 5.82 Å². The Morgan fingerprint density at radius 1 is 1.16 bits per heavy atom. The highest BCUT2D eigenvalue weighted by molar-refractivity contribution is 7.17. The number of rotatable bonds is 5. The Morgan fingerprint density at radius 3 is 2.72 bits per heavy atom. The maximum absolute atomic E-state index is 5.40. The molecule has 0 saturated heterocycles. The third kappa shape index (κ3) is 3.08. The lowest BCUT2D eigenvalue weighted by molar-refractivity contribution is 0.415. The number of anilines is 1. The first kappa shape index (κ1) is 15.7. The van der Waals surface area contributed by atoms with Crippen LogP contribution in [0.15, 0.2) is 52.5 Å². The maximum Gasteiger partial charge on any atom is 0.139 e. The molecule has 0 spiro atoms. The minimum atomic E-state index is 0.580. The molecule has 4 rings (SSSR count). The van der Waals surface area contributed by atoms with E-state index >= 15 is 0 Å². The number of aryl methyl sites for hydroxylation is 1. The third-order valence-corrected chi connectivity index (χ3v) is 4.83. The van der Waals surface area contributed by atoms with E-state index in [0.29, 0.717) is 6.54 Å². The van der Waals surface area contributed by atoms with Crippen molar-refractivity contribution in [2.24, 2.45) is 0 Å². The summed E-state index contributed by atoms with van der Waals surface area (Å²) in [6.07, 6.45) is 1.67. The summed E-state index contributed by atoms with van der Waals surface area (Å²) in [4.78, 5) is 10.2. The summed E-state index contributed by atoms with van der Waals surface area (Å²) >= 11 is 1.62. The Labute approximate surface area is 149 Å². The highest BCUT2D eigenvalue weighted by Gasteiger charge is 2.14. The van der Waals surface area contributed by atoms with Gasteiger partial charge in [-0.3, -0.25) is 0 Å². The molecule has 0 saturated carbocycles. The number of thiophene rings is 1. The summed E-state index contributed by atoms with van der Waals surface area (Å²) in [5, 5.41) is 6.55. The molecule has 0 amide bonds. The molecule has 3 heterocycles. The molecule has 0 aliphatic heterocycles. The number of hydrogen-bond acceptors (Lipinski definition) is 6. The van der Waals surface area contributed by atoms with Crippen LogP contribution < -0.4 is 10.1 Å². The number of fused-ring (bicyclic) bond motifs is 1. The van der Waals surface area contributed by atoms with Crippen molar-refractivity contribution in [3.05, 3.63) is 59.6 Å². The van der Waals surface area contributed by atoms with Gasteiger partial charge in [-0.1, -0.05) is 12.1 Å². The SMILES string of the molecule is COc1ccc(-c2csc3nc(C)nc(NCc4ccco4)c23)cc1. The molecule has 25 heavy (non-hydrogen) atoms. The van der Waals surface area contributed by atoms with Crippen LogP contribution in [0, 0.1) is 6.92 Å². The van der Waals surface area contributed by atoms with Crippen LogP contribution >= 0.6 is 11.3 Å². The van der Waals surface area contributed by atoms with Crippen molar-refractivity contribution in [2.45, 2.75) is 13.5 Å². The van der Waals surface area contributed by atoms with Gasteiger partial charge in [0, 0.05) is 10.9 Å². The van der Waals surface area contributed by atoms with Gasteiger partial charge in [0.15, 0.2) is 0 Å². The van der Waals surface area contributed by atoms with Gasteiger partial charge in [0.1, 0.15) is 28.0 Å². The highest BCUT2D eigenvalue weighted by Crippen LogP contribution is 2.37. The van der Waals surface area contributed by atoms with Crippen molar-refractivity contribution in [2.75, 3.05) is 12.4 Å². The molecule has 1 N–H and O–H groups in total. The fourth-order valence-electron chi connectivity index (χ4n) is 2.74. The number of aromatic nitrogens is 2. The average Bonchev–Trinajstić information content (AvgIpc) is 3.29. The predicted molar refractivity (Wildman–Crippen MR) is 100 cm³/mol. The van der Waals surface area contributed by atoms with Crippen LogP contribution in [0.5, 0.6) is 5.75 Å². The van der Waals surface area contributed by atoms with Crippen LogP contribution in [-0.4, -0.2) is 17.1 Å². The second-order valence-corrected chi connectivity index (χ2v) is 6.47. The second kappa shape index (κ2) is 6.57. The number of furan rings is 1. The number of nitrogens with zero attached hydrogens (tertiary/aromatic N) is 2. The monoisotopic (exact) mass is 351 g/mol. The van der Waals surface area contributed by atoms with E-state index in [0.717, 1.165) is 44.5 Å². The van der Waals surface area contributed by atoms with Gasteiger partial charge in [0.25, 0.3) is 0 Å². The zero-order valence-corrected chi connectivity index (χ0v) is 14.8. The first-order chi connectivity index (χ1) is 12.2. The van der Waals surface area contributed by atoms with Gasteiger partial charge in [-0.25, -0.2) is 9.97 Å². The van der Waals surface area contributed by atoms with Crippen molar-refractivity contribution >= 4 is 27.4 Å². The highest BCUT2D eigenvalue weighted by atomic mass is 32.1. The minimum Gasteiger partial charge on any atom is -0.497 e. The molecule has 0 unspecified atom stereocenters. The van der Waals surface area contributed by atoms with Crippen molar-refractivity contribution in [1.29, 1.82) is 0 Å². The molecule has 6 heteroatoms. The number of methoxy groups -OCH3 is 1. The molecule has 0 atom stereocenters. The summed E-state index contributed by atoms with van der Waals surface area (Å²) in [6.45, 7) is 2.49. The lowest BCUT2D eigenvalue weighted by Gasteiger charge is -2.09. The van der Waals surface area contributed by atoms with Gasteiger partial charge >= 0.3 is 0 Å². The molecule has 1 aromatic carbocycles. The summed E-state index contributed by atoms with van der Waals surface area (Å²) in [6, 6.07) is 11.8. The molecule has 0 fully saturated rings. The van der Waals surface area contributed by atoms with E-state index in [4.69, 9.17) is 9.15 Å². The van der Waals surface area contributed by atoms with Gasteiger partial charge < -0.3 is 14.5 Å². The van der Waals surface area contributed by atoms with E-state index < -0.39 is 0 Å². The predicted octanol–water partition coefficient (Wildman–Crippen LogP) is 4.88. The molecule has 4 aromatic rings. The molecule has 5 nitrogen and oxygen atoms in total. The summed E-state index contributed by atoms with van der Waals surface area (Å²) in [5.41, 5.74) is 2.23. The largest absolute Gasteiger partial charge is 0.497 e. The molecule has 126 valence electrons. The fraction of sp³-hybridized carbons (Fsp3) is 0.158. The van der Waals surface area contributed by atoms with Crippen LogP contribution in [0.2, 0.25) is 0 Å². The Morgan fingerprint density at radius 2 is 2.00 bits per heavy atom. The standard InChI is InChI=1S/C19H17N3O2S/c1-12-21-18(20-10-15-4-3-9-24-15)17-16(11-25-19(17)22-12)13-5-7-14(23-2)8-6-13/h3-9,11H,10H2,1-2H3,(H,20,21,22). The quantitative estimate of drug-likeness (QED) is 0.555. The van der Waals surface area contributed by atoms with E-state index in [-0.39, 0.29) is 0 Å². The number of ether oxygens (including phenoxy) is 1. The number of nitrogens with one attached hydrogen (secondary N) is 1. The lowest BCUT2D eigenvalue weighted by Crippen LogP contribution is -2.03. The summed E-state index contributed by atoms with van der Waals surface area (Å²) in [5.74, 6) is 3.28. The van der Waals surface area contributed by atoms with Crippen LogP contribution in [0.1, 0.15) is 11.6 Å². The zero-order valence-electron chi connectivity index (χ0n) is 13.9. The van der Waals surface area contributed by atoms with E-state index in [1.165, 1.54) is 0 Å². The average molecular weight is 351 g/mol. The zero-order chi connectivity index (χ0) is 17.2. The summed E-state index contributed by atoms with van der Waals surface area (Å²) in [7, 11) is 1.67.